The Hall–Kier alpha value is -3.25. The molecule has 0 saturated carbocycles. The number of alkyl halides is 3. The lowest BCUT2D eigenvalue weighted by molar-refractivity contribution is -0.158. The standard InChI is InChI=1S/C23H30F3N9O5S/c1-9-16-15(10(2)29-14(36)8-34-31-22(30-32-34)23(24,25)26)20(38)35(16)17(21(39)40)18(9)41-12-5-13(28-6-12)19(37)33-4-3-11(27)7-33/h9-13,15-16,28H,3-8,27H2,1-2H3,(H,29,36)(H,39,40)/t9-,10?,11-,12+,13+,15-,16-/m1/s1. The van der Waals surface area contributed by atoms with E-state index in [0.29, 0.717) is 35.8 Å². The maximum atomic E-state index is 13.1. The third-order valence-electron chi connectivity index (χ3n) is 7.93. The van der Waals surface area contributed by atoms with Crippen LogP contribution >= 0.6 is 11.8 Å². The minimum Gasteiger partial charge on any atom is -0.477 e. The number of tetrazole rings is 1. The van der Waals surface area contributed by atoms with E-state index in [-0.39, 0.29) is 28.8 Å². The molecule has 0 bridgehead atoms. The summed E-state index contributed by atoms with van der Waals surface area (Å²) in [5.74, 6) is -5.04. The van der Waals surface area contributed by atoms with Gasteiger partial charge in [0.1, 0.15) is 12.2 Å². The molecular weight excluding hydrogens is 571 g/mol. The van der Waals surface area contributed by atoms with Gasteiger partial charge in [0.15, 0.2) is 0 Å². The molecule has 0 radical (unpaired) electrons. The van der Waals surface area contributed by atoms with E-state index in [1.54, 1.807) is 11.8 Å². The number of nitrogens with one attached hydrogen (secondary N) is 2. The monoisotopic (exact) mass is 601 g/mol. The average Bonchev–Trinajstić information content (AvgIpc) is 3.66. The number of carboxylic acids is 1. The van der Waals surface area contributed by atoms with Crippen LogP contribution in [0.1, 0.15) is 32.5 Å². The Morgan fingerprint density at radius 1 is 1.32 bits per heavy atom. The Labute approximate surface area is 236 Å². The zero-order valence-corrected chi connectivity index (χ0v) is 23.0. The van der Waals surface area contributed by atoms with E-state index in [4.69, 9.17) is 5.73 Å². The first kappa shape index (κ1) is 29.2. The summed E-state index contributed by atoms with van der Waals surface area (Å²) in [5, 5.41) is 25.0. The summed E-state index contributed by atoms with van der Waals surface area (Å²) in [6, 6.07) is -1.69. The molecule has 4 aliphatic heterocycles. The summed E-state index contributed by atoms with van der Waals surface area (Å²) in [6.45, 7) is 4.37. The van der Waals surface area contributed by atoms with Gasteiger partial charge in [-0.2, -0.15) is 18.0 Å². The number of likely N-dealkylation sites (tertiary alicyclic amines) is 1. The zero-order valence-electron chi connectivity index (χ0n) is 22.2. The van der Waals surface area contributed by atoms with Gasteiger partial charge in [0, 0.05) is 47.8 Å². The first-order valence-electron chi connectivity index (χ1n) is 13.2. The van der Waals surface area contributed by atoms with Gasteiger partial charge in [0.05, 0.1) is 18.0 Å². The minimum absolute atomic E-state index is 0.0210. The van der Waals surface area contributed by atoms with Crippen molar-refractivity contribution in [3.8, 4) is 0 Å². The number of rotatable bonds is 8. The molecule has 7 atom stereocenters. The molecule has 0 aliphatic carbocycles. The van der Waals surface area contributed by atoms with Crippen molar-refractivity contribution in [2.75, 3.05) is 19.6 Å². The molecule has 1 aromatic rings. The number of amides is 3. The van der Waals surface area contributed by atoms with Crippen molar-refractivity contribution in [2.45, 2.75) is 68.8 Å². The fourth-order valence-corrected chi connectivity index (χ4v) is 7.49. The summed E-state index contributed by atoms with van der Waals surface area (Å²) in [4.78, 5) is 54.8. The van der Waals surface area contributed by atoms with E-state index in [9.17, 15) is 37.5 Å². The first-order valence-corrected chi connectivity index (χ1v) is 14.0. The number of hydrogen-bond acceptors (Lipinski definition) is 10. The van der Waals surface area contributed by atoms with Crippen LogP contribution < -0.4 is 16.4 Å². The van der Waals surface area contributed by atoms with Gasteiger partial charge in [0.25, 0.3) is 5.82 Å². The van der Waals surface area contributed by atoms with Crippen LogP contribution in [0.5, 0.6) is 0 Å². The highest BCUT2D eigenvalue weighted by Gasteiger charge is 2.60. The van der Waals surface area contributed by atoms with E-state index in [0.717, 1.165) is 6.42 Å². The molecular formula is C23H30F3N9O5S. The van der Waals surface area contributed by atoms with Crippen molar-refractivity contribution < 1.29 is 37.5 Å². The molecule has 41 heavy (non-hydrogen) atoms. The van der Waals surface area contributed by atoms with Crippen LogP contribution in [-0.4, -0.2) is 108 Å². The lowest BCUT2D eigenvalue weighted by atomic mass is 9.78. The number of halogens is 3. The fourth-order valence-electron chi connectivity index (χ4n) is 6.01. The topological polar surface area (TPSA) is 189 Å². The van der Waals surface area contributed by atoms with E-state index < -0.39 is 60.4 Å². The number of β-lactam (4-membered cyclic amide) rings is 1. The maximum Gasteiger partial charge on any atom is 0.455 e. The Morgan fingerprint density at radius 3 is 2.66 bits per heavy atom. The van der Waals surface area contributed by atoms with E-state index in [1.165, 1.54) is 16.7 Å². The predicted octanol–water partition coefficient (Wildman–Crippen LogP) is -1.01. The van der Waals surface area contributed by atoms with Crippen LogP contribution in [0.4, 0.5) is 13.2 Å². The molecule has 3 saturated heterocycles. The third kappa shape index (κ3) is 5.51. The van der Waals surface area contributed by atoms with Gasteiger partial charge >= 0.3 is 12.1 Å². The van der Waals surface area contributed by atoms with Crippen LogP contribution in [0.3, 0.4) is 0 Å². The number of nitrogens with zero attached hydrogens (tertiary/aromatic N) is 6. The van der Waals surface area contributed by atoms with Crippen molar-refractivity contribution in [1.29, 1.82) is 0 Å². The second-order valence-corrected chi connectivity index (χ2v) is 12.1. The molecule has 1 aromatic heterocycles. The smallest absolute Gasteiger partial charge is 0.455 e. The third-order valence-corrected chi connectivity index (χ3v) is 9.44. The van der Waals surface area contributed by atoms with Gasteiger partial charge in [-0.3, -0.25) is 14.4 Å². The second kappa shape index (κ2) is 10.9. The van der Waals surface area contributed by atoms with Crippen LogP contribution in [0, 0.1) is 11.8 Å². The lowest BCUT2D eigenvalue weighted by Crippen LogP contribution is -2.66. The number of nitrogens with two attached hydrogens (primary N) is 1. The van der Waals surface area contributed by atoms with Crippen LogP contribution in [0.25, 0.3) is 0 Å². The number of carbonyl (C=O) groups excluding carboxylic acids is 3. The molecule has 18 heteroatoms. The first-order chi connectivity index (χ1) is 19.3. The average molecular weight is 602 g/mol. The Morgan fingerprint density at radius 2 is 2.05 bits per heavy atom. The molecule has 1 unspecified atom stereocenters. The molecule has 14 nitrogen and oxygen atoms in total. The highest BCUT2D eigenvalue weighted by atomic mass is 32.2. The van der Waals surface area contributed by atoms with Crippen molar-refractivity contribution in [1.82, 2.24) is 40.6 Å². The quantitative estimate of drug-likeness (QED) is 0.267. The molecule has 5 N–H and O–H groups in total. The van der Waals surface area contributed by atoms with Gasteiger partial charge in [-0.1, -0.05) is 6.92 Å². The van der Waals surface area contributed by atoms with Crippen molar-refractivity contribution in [2.24, 2.45) is 17.6 Å². The number of fused-ring (bicyclic) bond motifs is 1. The summed E-state index contributed by atoms with van der Waals surface area (Å²) >= 11 is 1.35. The van der Waals surface area contributed by atoms with Crippen LogP contribution in [0.15, 0.2) is 10.6 Å². The highest BCUT2D eigenvalue weighted by molar-refractivity contribution is 8.03. The van der Waals surface area contributed by atoms with Gasteiger partial charge in [-0.15, -0.1) is 22.0 Å². The van der Waals surface area contributed by atoms with Gasteiger partial charge < -0.3 is 31.3 Å². The summed E-state index contributed by atoms with van der Waals surface area (Å²) < 4.78 is 38.1. The fraction of sp³-hybridized carbons (Fsp3) is 0.696. The summed E-state index contributed by atoms with van der Waals surface area (Å²) in [6.07, 6.45) is -3.55. The number of carboxylic acid groups (broad SMARTS) is 1. The lowest BCUT2D eigenvalue weighted by Gasteiger charge is -2.47. The van der Waals surface area contributed by atoms with Gasteiger partial charge in [-0.25, -0.2) is 4.79 Å². The molecule has 224 valence electrons. The van der Waals surface area contributed by atoms with E-state index in [2.05, 4.69) is 26.0 Å². The second-order valence-electron chi connectivity index (χ2n) is 10.8. The van der Waals surface area contributed by atoms with Gasteiger partial charge in [0.2, 0.25) is 17.7 Å². The molecule has 4 aliphatic rings. The summed E-state index contributed by atoms with van der Waals surface area (Å²) in [5.41, 5.74) is 5.83. The minimum atomic E-state index is -4.81. The van der Waals surface area contributed by atoms with Crippen LogP contribution in [-0.2, 0) is 31.9 Å². The molecule has 3 amide bonds. The number of thioether (sulfide) groups is 1. The zero-order chi connectivity index (χ0) is 29.8. The van der Waals surface area contributed by atoms with Crippen LogP contribution in [0.2, 0.25) is 0 Å². The van der Waals surface area contributed by atoms with Crippen molar-refractivity contribution in [3.05, 3.63) is 16.4 Å². The molecule has 5 heterocycles. The number of aliphatic carboxylic acids is 1. The highest BCUT2D eigenvalue weighted by Crippen LogP contribution is 2.51. The largest absolute Gasteiger partial charge is 0.477 e. The number of hydrogen-bond donors (Lipinski definition) is 4. The molecule has 3 fully saturated rings. The number of carbonyl (C=O) groups is 4. The Balaban J connectivity index is 1.21. The van der Waals surface area contributed by atoms with Gasteiger partial charge in [-0.05, 0) is 25.0 Å². The Kier molecular flexibility index (Phi) is 7.75. The molecule has 0 spiro atoms. The maximum absolute atomic E-state index is 13.1. The number of aromatic nitrogens is 4. The van der Waals surface area contributed by atoms with Crippen molar-refractivity contribution >= 4 is 35.5 Å². The summed E-state index contributed by atoms with van der Waals surface area (Å²) in [7, 11) is 0. The predicted molar refractivity (Wildman–Crippen MR) is 135 cm³/mol. The molecule has 5 rings (SSSR count). The van der Waals surface area contributed by atoms with E-state index >= 15 is 0 Å². The Bertz CT molecular complexity index is 1290. The molecule has 0 aromatic carbocycles. The van der Waals surface area contributed by atoms with Crippen molar-refractivity contribution in [3.63, 3.8) is 0 Å². The SMILES string of the molecule is CC(NC(=O)Cn1nnc(C(F)(F)F)n1)[C@H]1C(=O)N2C(C(=O)O)=C(S[C@@H]3CN[C@H](C(=O)N4CC[C@@H](N)C4)C3)[C@H](C)[C@H]12. The normalized spacial score (nSPS) is 30.4. The van der Waals surface area contributed by atoms with E-state index in [1.807, 2.05) is 6.92 Å².